The summed E-state index contributed by atoms with van der Waals surface area (Å²) in [6, 6.07) is 25.4. The van der Waals surface area contributed by atoms with Crippen LogP contribution in [0.3, 0.4) is 0 Å². The number of hydrogen-bond donors (Lipinski definition) is 2. The van der Waals surface area contributed by atoms with Gasteiger partial charge in [0.1, 0.15) is 5.70 Å². The summed E-state index contributed by atoms with van der Waals surface area (Å²) in [6.45, 7) is 0. The summed E-state index contributed by atoms with van der Waals surface area (Å²) in [5.41, 5.74) is 1.84. The molecule has 7 nitrogen and oxygen atoms in total. The van der Waals surface area contributed by atoms with Crippen molar-refractivity contribution in [3.8, 4) is 11.5 Å². The normalized spacial score (nSPS) is 11.0. The van der Waals surface area contributed by atoms with E-state index >= 15 is 0 Å². The molecule has 0 heterocycles. The highest BCUT2D eigenvalue weighted by atomic mass is 35.5. The number of hydrogen-bond acceptors (Lipinski definition) is 6. The Morgan fingerprint density at radius 1 is 0.810 bits per heavy atom. The molecular formula is C32H26Cl2N2O5S. The van der Waals surface area contributed by atoms with Gasteiger partial charge in [-0.2, -0.15) is 0 Å². The van der Waals surface area contributed by atoms with Gasteiger partial charge in [0.2, 0.25) is 0 Å². The Morgan fingerprint density at radius 2 is 1.57 bits per heavy atom. The second kappa shape index (κ2) is 14.6. The molecule has 0 bridgehead atoms. The molecule has 0 atom stereocenters. The number of methoxy groups -OCH3 is 2. The summed E-state index contributed by atoms with van der Waals surface area (Å²) in [5, 5.41) is 6.26. The van der Waals surface area contributed by atoms with Gasteiger partial charge >= 0.3 is 0 Å². The van der Waals surface area contributed by atoms with Crippen molar-refractivity contribution in [2.24, 2.45) is 0 Å². The van der Waals surface area contributed by atoms with Crippen LogP contribution >= 0.6 is 35.0 Å². The fourth-order valence-electron chi connectivity index (χ4n) is 3.82. The highest BCUT2D eigenvalue weighted by Crippen LogP contribution is 2.29. The molecule has 42 heavy (non-hydrogen) atoms. The number of ketones is 1. The molecule has 2 N–H and O–H groups in total. The highest BCUT2D eigenvalue weighted by Gasteiger charge is 2.17. The molecule has 0 spiro atoms. The first-order valence-corrected chi connectivity index (χ1v) is 14.3. The van der Waals surface area contributed by atoms with Gasteiger partial charge in [-0.15, -0.1) is 11.8 Å². The molecule has 4 aromatic carbocycles. The van der Waals surface area contributed by atoms with E-state index in [2.05, 4.69) is 10.6 Å². The maximum absolute atomic E-state index is 13.4. The van der Waals surface area contributed by atoms with Crippen LogP contribution in [0.5, 0.6) is 11.5 Å². The predicted octanol–water partition coefficient (Wildman–Crippen LogP) is 7.40. The van der Waals surface area contributed by atoms with E-state index in [-0.39, 0.29) is 17.2 Å². The molecule has 0 fully saturated rings. The van der Waals surface area contributed by atoms with E-state index in [0.717, 1.165) is 4.90 Å². The predicted molar refractivity (Wildman–Crippen MR) is 168 cm³/mol. The summed E-state index contributed by atoms with van der Waals surface area (Å²) in [7, 11) is 3.04. The van der Waals surface area contributed by atoms with E-state index in [9.17, 15) is 14.4 Å². The fraction of sp³-hybridized carbons (Fsp3) is 0.0938. The summed E-state index contributed by atoms with van der Waals surface area (Å²) < 4.78 is 10.5. The third kappa shape index (κ3) is 8.16. The van der Waals surface area contributed by atoms with Gasteiger partial charge < -0.3 is 20.1 Å². The number of ether oxygens (including phenoxy) is 2. The maximum Gasteiger partial charge on any atom is 0.272 e. The number of anilines is 1. The first-order valence-electron chi connectivity index (χ1n) is 12.6. The third-order valence-corrected chi connectivity index (χ3v) is 7.51. The van der Waals surface area contributed by atoms with E-state index in [0.29, 0.717) is 43.9 Å². The minimum atomic E-state index is -0.561. The van der Waals surface area contributed by atoms with Crippen LogP contribution in [-0.2, 0) is 4.79 Å². The van der Waals surface area contributed by atoms with Crippen LogP contribution in [0.4, 0.5) is 5.69 Å². The smallest absolute Gasteiger partial charge is 0.272 e. The first kappa shape index (κ1) is 30.7. The number of carbonyl (C=O) groups is 3. The number of carbonyl (C=O) groups excluding carboxylic acids is 3. The standard InChI is InChI=1S/C32H26Cl2N2O5S/c1-40-29-14-12-22(16-30(29)41-2)28(37)19-42-25-10-6-9-24(18-25)35-32(39)27(15-21-11-13-23(33)17-26(21)34)36-31(38)20-7-4-3-5-8-20/h3-18H,19H2,1-2H3,(H,35,39)(H,36,38)/b27-15-. The zero-order valence-corrected chi connectivity index (χ0v) is 25.0. The maximum atomic E-state index is 13.4. The van der Waals surface area contributed by atoms with Crippen molar-refractivity contribution < 1.29 is 23.9 Å². The third-order valence-electron chi connectivity index (χ3n) is 5.96. The average molecular weight is 622 g/mol. The molecule has 2 amide bonds. The molecule has 0 saturated carbocycles. The Kier molecular flexibility index (Phi) is 10.7. The molecule has 4 aromatic rings. The van der Waals surface area contributed by atoms with Crippen LogP contribution in [0.25, 0.3) is 6.08 Å². The van der Waals surface area contributed by atoms with Gasteiger partial charge in [0, 0.05) is 31.8 Å². The van der Waals surface area contributed by atoms with Gasteiger partial charge in [0.25, 0.3) is 11.8 Å². The van der Waals surface area contributed by atoms with Crippen molar-refractivity contribution in [1.29, 1.82) is 0 Å². The number of rotatable bonds is 11. The molecule has 0 aliphatic carbocycles. The lowest BCUT2D eigenvalue weighted by Crippen LogP contribution is -2.30. The van der Waals surface area contributed by atoms with E-state index in [1.54, 1.807) is 84.9 Å². The summed E-state index contributed by atoms with van der Waals surface area (Å²) in [6.07, 6.45) is 1.48. The van der Waals surface area contributed by atoms with Crippen molar-refractivity contribution in [3.05, 3.63) is 123 Å². The Labute approximate surface area is 257 Å². The second-order valence-electron chi connectivity index (χ2n) is 8.81. The number of amides is 2. The van der Waals surface area contributed by atoms with Gasteiger partial charge in [0.05, 0.1) is 20.0 Å². The van der Waals surface area contributed by atoms with Gasteiger partial charge in [-0.3, -0.25) is 14.4 Å². The molecule has 4 rings (SSSR count). The zero-order chi connectivity index (χ0) is 30.1. The minimum Gasteiger partial charge on any atom is -0.493 e. The molecular weight excluding hydrogens is 595 g/mol. The Hall–Kier alpha value is -4.24. The lowest BCUT2D eigenvalue weighted by atomic mass is 10.1. The lowest BCUT2D eigenvalue weighted by Gasteiger charge is -2.13. The summed E-state index contributed by atoms with van der Waals surface area (Å²) in [4.78, 5) is 39.9. The van der Waals surface area contributed by atoms with E-state index in [1.165, 1.54) is 32.1 Å². The van der Waals surface area contributed by atoms with E-state index in [1.807, 2.05) is 6.07 Å². The molecule has 0 unspecified atom stereocenters. The highest BCUT2D eigenvalue weighted by molar-refractivity contribution is 8.00. The first-order chi connectivity index (χ1) is 20.3. The van der Waals surface area contributed by atoms with Gasteiger partial charge in [-0.1, -0.05) is 53.5 Å². The Bertz CT molecular complexity index is 1640. The van der Waals surface area contributed by atoms with Crippen LogP contribution in [0.15, 0.2) is 102 Å². The Balaban J connectivity index is 1.50. The topological polar surface area (TPSA) is 93.7 Å². The van der Waals surface area contributed by atoms with Crippen LogP contribution in [0.1, 0.15) is 26.3 Å². The van der Waals surface area contributed by atoms with Crippen molar-refractivity contribution in [2.45, 2.75) is 4.90 Å². The Morgan fingerprint density at radius 3 is 2.29 bits per heavy atom. The molecule has 0 aromatic heterocycles. The lowest BCUT2D eigenvalue weighted by molar-refractivity contribution is -0.113. The van der Waals surface area contributed by atoms with E-state index in [4.69, 9.17) is 32.7 Å². The molecule has 214 valence electrons. The number of thioether (sulfide) groups is 1. The summed E-state index contributed by atoms with van der Waals surface area (Å²) >= 11 is 13.7. The molecule has 0 aliphatic rings. The zero-order valence-electron chi connectivity index (χ0n) is 22.7. The average Bonchev–Trinajstić information content (AvgIpc) is 3.00. The SMILES string of the molecule is COc1ccc(C(=O)CSc2cccc(NC(=O)/C(=C/c3ccc(Cl)cc3Cl)NC(=O)c3ccccc3)c2)cc1OC. The monoisotopic (exact) mass is 620 g/mol. The van der Waals surface area contributed by atoms with Crippen LogP contribution < -0.4 is 20.1 Å². The number of Topliss-reactive ketones (excluding diaryl/α,β-unsaturated/α-hetero) is 1. The molecule has 10 heteroatoms. The van der Waals surface area contributed by atoms with Crippen molar-refractivity contribution >= 4 is 64.3 Å². The molecule has 0 radical (unpaired) electrons. The fourth-order valence-corrected chi connectivity index (χ4v) is 5.13. The van der Waals surface area contributed by atoms with Crippen molar-refractivity contribution in [2.75, 3.05) is 25.3 Å². The largest absolute Gasteiger partial charge is 0.493 e. The van der Waals surface area contributed by atoms with Gasteiger partial charge in [-0.05, 0) is 72.3 Å². The van der Waals surface area contributed by atoms with Crippen molar-refractivity contribution in [1.82, 2.24) is 5.32 Å². The van der Waals surface area contributed by atoms with E-state index < -0.39 is 11.8 Å². The van der Waals surface area contributed by atoms with Gasteiger partial charge in [-0.25, -0.2) is 0 Å². The molecule has 0 saturated heterocycles. The second-order valence-corrected chi connectivity index (χ2v) is 10.7. The van der Waals surface area contributed by atoms with Crippen LogP contribution in [0, 0.1) is 0 Å². The number of benzene rings is 4. The van der Waals surface area contributed by atoms with Crippen LogP contribution in [0.2, 0.25) is 10.0 Å². The summed E-state index contributed by atoms with van der Waals surface area (Å²) in [5.74, 6) is 0.0660. The quantitative estimate of drug-likeness (QED) is 0.103. The number of nitrogens with one attached hydrogen (secondary N) is 2. The minimum absolute atomic E-state index is 0.0187. The van der Waals surface area contributed by atoms with Crippen LogP contribution in [-0.4, -0.2) is 37.6 Å². The van der Waals surface area contributed by atoms with Crippen molar-refractivity contribution in [3.63, 3.8) is 0 Å². The number of halogens is 2. The molecule has 0 aliphatic heterocycles. The van der Waals surface area contributed by atoms with Gasteiger partial charge in [0.15, 0.2) is 17.3 Å².